The molecule has 0 radical (unpaired) electrons. The van der Waals surface area contributed by atoms with Crippen molar-refractivity contribution in [3.05, 3.63) is 39.3 Å². The minimum absolute atomic E-state index is 0.202. The van der Waals surface area contributed by atoms with Gasteiger partial charge in [0.25, 0.3) is 5.91 Å². The largest absolute Gasteiger partial charge is 0.368 e. The molecule has 2 aromatic heterocycles. The maximum Gasteiger partial charge on any atom is 0.263 e. The van der Waals surface area contributed by atoms with Gasteiger partial charge in [-0.25, -0.2) is 9.97 Å². The Morgan fingerprint density at radius 1 is 1.32 bits per heavy atom. The number of amides is 1. The van der Waals surface area contributed by atoms with E-state index in [2.05, 4.69) is 23.0 Å². The zero-order valence-corrected chi connectivity index (χ0v) is 15.4. The minimum atomic E-state index is 0.202. The van der Waals surface area contributed by atoms with E-state index in [0.717, 1.165) is 55.3 Å². The number of nitrogens with zero attached hydrogens (tertiary/aromatic N) is 3. The van der Waals surface area contributed by atoms with E-state index < -0.39 is 0 Å². The number of thiophene rings is 1. The Kier molecular flexibility index (Phi) is 4.46. The first-order chi connectivity index (χ1) is 12.1. The van der Waals surface area contributed by atoms with E-state index >= 15 is 0 Å². The number of hydrogen-bond donors (Lipinski definition) is 1. The Hall–Kier alpha value is -1.95. The van der Waals surface area contributed by atoms with Crippen LogP contribution in [0.25, 0.3) is 0 Å². The van der Waals surface area contributed by atoms with E-state index in [1.165, 1.54) is 16.9 Å². The van der Waals surface area contributed by atoms with Gasteiger partial charge in [0.2, 0.25) is 5.95 Å². The lowest BCUT2D eigenvalue weighted by Crippen LogP contribution is -2.37. The van der Waals surface area contributed by atoms with Gasteiger partial charge in [-0.15, -0.1) is 11.3 Å². The van der Waals surface area contributed by atoms with Crippen molar-refractivity contribution in [1.29, 1.82) is 0 Å². The third-order valence-corrected chi connectivity index (χ3v) is 6.66. The van der Waals surface area contributed by atoms with Crippen molar-refractivity contribution in [2.45, 2.75) is 44.9 Å². The van der Waals surface area contributed by atoms with Crippen molar-refractivity contribution in [3.63, 3.8) is 0 Å². The summed E-state index contributed by atoms with van der Waals surface area (Å²) < 4.78 is 0. The molecule has 6 heteroatoms. The fourth-order valence-electron chi connectivity index (χ4n) is 3.96. The molecule has 0 saturated carbocycles. The molecule has 5 nitrogen and oxygen atoms in total. The lowest BCUT2D eigenvalue weighted by atomic mass is 9.90. The van der Waals surface area contributed by atoms with Gasteiger partial charge in [-0.05, 0) is 55.7 Å². The first kappa shape index (κ1) is 16.5. The number of nitrogens with two attached hydrogens (primary N) is 1. The van der Waals surface area contributed by atoms with Crippen molar-refractivity contribution in [1.82, 2.24) is 14.9 Å². The number of fused-ring (bicyclic) bond motifs is 1. The van der Waals surface area contributed by atoms with Gasteiger partial charge in [-0.3, -0.25) is 4.79 Å². The van der Waals surface area contributed by atoms with Gasteiger partial charge in [0, 0.05) is 35.8 Å². The molecule has 1 saturated heterocycles. The molecule has 0 unspecified atom stereocenters. The Bertz CT molecular complexity index is 779. The summed E-state index contributed by atoms with van der Waals surface area (Å²) in [5, 5.41) is 0. The number of carbonyl (C=O) groups is 1. The first-order valence-electron chi connectivity index (χ1n) is 9.09. The number of anilines is 1. The standard InChI is InChI=1S/C19H24N4OS/c1-12-2-3-16-14(10-12)11-17(25-16)18(24)23-8-5-13(6-9-23)15-4-7-21-19(20)22-15/h4,7,11-13H,2-3,5-6,8-10H2,1H3,(H2,20,21,22)/t12-/m0/s1. The normalized spacial score (nSPS) is 21.2. The molecule has 1 fully saturated rings. The SMILES string of the molecule is C[C@H]1CCc2sc(C(=O)N3CCC(c4ccnc(N)n4)CC3)cc2C1. The molecule has 0 bridgehead atoms. The predicted octanol–water partition coefficient (Wildman–Crippen LogP) is 3.26. The molecule has 2 aliphatic rings. The number of carbonyl (C=O) groups excluding carboxylic acids is 1. The van der Waals surface area contributed by atoms with E-state index in [-0.39, 0.29) is 5.91 Å². The highest BCUT2D eigenvalue weighted by Crippen LogP contribution is 2.34. The van der Waals surface area contributed by atoms with Crippen LogP contribution >= 0.6 is 11.3 Å². The molecule has 25 heavy (non-hydrogen) atoms. The van der Waals surface area contributed by atoms with E-state index in [9.17, 15) is 4.79 Å². The van der Waals surface area contributed by atoms with Crippen molar-refractivity contribution in [2.75, 3.05) is 18.8 Å². The highest BCUT2D eigenvalue weighted by molar-refractivity contribution is 7.14. The summed E-state index contributed by atoms with van der Waals surface area (Å²) >= 11 is 1.71. The van der Waals surface area contributed by atoms with Gasteiger partial charge in [-0.2, -0.15) is 0 Å². The minimum Gasteiger partial charge on any atom is -0.368 e. The predicted molar refractivity (Wildman–Crippen MR) is 99.8 cm³/mol. The average molecular weight is 356 g/mol. The molecule has 1 aliphatic heterocycles. The van der Waals surface area contributed by atoms with Crippen LogP contribution in [0.5, 0.6) is 0 Å². The summed E-state index contributed by atoms with van der Waals surface area (Å²) in [5.41, 5.74) is 8.09. The highest BCUT2D eigenvalue weighted by atomic mass is 32.1. The molecule has 4 rings (SSSR count). The van der Waals surface area contributed by atoms with Crippen LogP contribution in [0.3, 0.4) is 0 Å². The molecular formula is C19H24N4OS. The number of likely N-dealkylation sites (tertiary alicyclic amines) is 1. The van der Waals surface area contributed by atoms with Crippen molar-refractivity contribution in [2.24, 2.45) is 5.92 Å². The van der Waals surface area contributed by atoms with Crippen LogP contribution in [0.15, 0.2) is 18.3 Å². The molecule has 2 N–H and O–H groups in total. The van der Waals surface area contributed by atoms with Crippen LogP contribution in [0.2, 0.25) is 0 Å². The van der Waals surface area contributed by atoms with Gasteiger partial charge in [0.1, 0.15) is 0 Å². The second-order valence-corrected chi connectivity index (χ2v) is 8.45. The molecule has 132 valence electrons. The second kappa shape index (κ2) is 6.75. The van der Waals surface area contributed by atoms with Crippen LogP contribution in [0.1, 0.15) is 57.9 Å². The number of aryl methyl sites for hydroxylation is 1. The summed E-state index contributed by atoms with van der Waals surface area (Å²) in [6.07, 6.45) is 7.08. The number of nitrogen functional groups attached to an aromatic ring is 1. The molecule has 1 aliphatic carbocycles. The van der Waals surface area contributed by atoms with Crippen molar-refractivity contribution < 1.29 is 4.79 Å². The fraction of sp³-hybridized carbons (Fsp3) is 0.526. The van der Waals surface area contributed by atoms with Crippen LogP contribution in [-0.4, -0.2) is 33.9 Å². The fourth-order valence-corrected chi connectivity index (χ4v) is 5.14. The molecule has 3 heterocycles. The van der Waals surface area contributed by atoms with Crippen molar-refractivity contribution >= 4 is 23.2 Å². The molecular weight excluding hydrogens is 332 g/mol. The molecule has 1 amide bonds. The molecule has 1 atom stereocenters. The van der Waals surface area contributed by atoms with Crippen LogP contribution < -0.4 is 5.73 Å². The number of piperidine rings is 1. The quantitative estimate of drug-likeness (QED) is 0.896. The Morgan fingerprint density at radius 3 is 2.88 bits per heavy atom. The number of rotatable bonds is 2. The number of hydrogen-bond acceptors (Lipinski definition) is 5. The Balaban J connectivity index is 1.41. The van der Waals surface area contributed by atoms with Gasteiger partial charge < -0.3 is 10.6 Å². The Morgan fingerprint density at radius 2 is 2.12 bits per heavy atom. The topological polar surface area (TPSA) is 72.1 Å². The molecule has 0 aromatic carbocycles. The summed E-state index contributed by atoms with van der Waals surface area (Å²) in [7, 11) is 0. The lowest BCUT2D eigenvalue weighted by molar-refractivity contribution is 0.0717. The highest BCUT2D eigenvalue weighted by Gasteiger charge is 2.28. The smallest absolute Gasteiger partial charge is 0.263 e. The summed E-state index contributed by atoms with van der Waals surface area (Å²) in [4.78, 5) is 25.5. The summed E-state index contributed by atoms with van der Waals surface area (Å²) in [6.45, 7) is 3.87. The van der Waals surface area contributed by atoms with E-state index in [1.807, 2.05) is 11.0 Å². The zero-order valence-electron chi connectivity index (χ0n) is 14.6. The summed E-state index contributed by atoms with van der Waals surface area (Å²) in [6, 6.07) is 4.09. The maximum absolute atomic E-state index is 12.9. The third-order valence-electron chi connectivity index (χ3n) is 5.44. The molecule has 2 aromatic rings. The average Bonchev–Trinajstić information content (AvgIpc) is 3.04. The Labute approximate surface area is 152 Å². The van der Waals surface area contributed by atoms with Gasteiger partial charge >= 0.3 is 0 Å². The lowest BCUT2D eigenvalue weighted by Gasteiger charge is -2.31. The third kappa shape index (κ3) is 3.40. The van der Waals surface area contributed by atoms with Crippen LogP contribution in [0, 0.1) is 5.92 Å². The van der Waals surface area contributed by atoms with E-state index in [4.69, 9.17) is 5.73 Å². The van der Waals surface area contributed by atoms with Crippen LogP contribution in [0.4, 0.5) is 5.95 Å². The van der Waals surface area contributed by atoms with Gasteiger partial charge in [0.15, 0.2) is 0 Å². The van der Waals surface area contributed by atoms with Crippen molar-refractivity contribution in [3.8, 4) is 0 Å². The zero-order chi connectivity index (χ0) is 17.4. The maximum atomic E-state index is 12.9. The van der Waals surface area contributed by atoms with Gasteiger partial charge in [0.05, 0.1) is 4.88 Å². The monoisotopic (exact) mass is 356 g/mol. The molecule has 0 spiro atoms. The number of aromatic nitrogens is 2. The second-order valence-electron chi connectivity index (χ2n) is 7.31. The van der Waals surface area contributed by atoms with Gasteiger partial charge in [-0.1, -0.05) is 6.92 Å². The van der Waals surface area contributed by atoms with Crippen LogP contribution in [-0.2, 0) is 12.8 Å². The van der Waals surface area contributed by atoms with E-state index in [1.54, 1.807) is 17.5 Å². The van der Waals surface area contributed by atoms with E-state index in [0.29, 0.717) is 11.9 Å². The summed E-state index contributed by atoms with van der Waals surface area (Å²) in [5.74, 6) is 1.63. The first-order valence-corrected chi connectivity index (χ1v) is 9.91.